The topological polar surface area (TPSA) is 73.3 Å². The minimum atomic E-state index is -0.262. The third-order valence-corrected chi connectivity index (χ3v) is 4.70. The second kappa shape index (κ2) is 6.21. The summed E-state index contributed by atoms with van der Waals surface area (Å²) in [6, 6.07) is 12.8. The maximum Gasteiger partial charge on any atom is 0.269 e. The van der Waals surface area contributed by atoms with Gasteiger partial charge in [-0.3, -0.25) is 4.79 Å². The monoisotopic (exact) mass is 403 g/mol. The predicted octanol–water partition coefficient (Wildman–Crippen LogP) is 3.95. The zero-order chi connectivity index (χ0) is 16.5. The molecule has 1 N–H and O–H groups in total. The van der Waals surface area contributed by atoms with Gasteiger partial charge in [0.2, 0.25) is 6.79 Å². The second-order valence-electron chi connectivity index (χ2n) is 4.98. The molecule has 6 nitrogen and oxygen atoms in total. The Kier molecular flexibility index (Phi) is 3.91. The van der Waals surface area contributed by atoms with E-state index in [1.54, 1.807) is 18.2 Å². The maximum atomic E-state index is 12.6. The fourth-order valence-corrected chi connectivity index (χ4v) is 3.15. The first kappa shape index (κ1) is 15.1. The largest absolute Gasteiger partial charge is 0.454 e. The van der Waals surface area contributed by atoms with Gasteiger partial charge in [-0.2, -0.15) is 0 Å². The predicted molar refractivity (Wildman–Crippen MR) is 93.6 cm³/mol. The number of ether oxygens (including phenoxy) is 2. The van der Waals surface area contributed by atoms with E-state index in [-0.39, 0.29) is 12.7 Å². The van der Waals surface area contributed by atoms with Gasteiger partial charge in [0, 0.05) is 21.8 Å². The zero-order valence-electron chi connectivity index (χ0n) is 12.2. The summed E-state index contributed by atoms with van der Waals surface area (Å²) in [6.45, 7) is 0.194. The molecule has 4 rings (SSSR count). The molecule has 120 valence electrons. The number of fused-ring (bicyclic) bond motifs is 1. The number of aromatic nitrogens is 2. The Hall–Kier alpha value is -2.45. The standard InChI is InChI=1S/C16H10BrN3O3S/c17-10-3-1-9(2-4-10)14-15(24-20-19-14)16(21)18-11-5-6-12-13(7-11)23-8-22-12/h1-7H,8H2,(H,18,21). The molecule has 0 radical (unpaired) electrons. The number of nitrogens with one attached hydrogen (secondary N) is 1. The molecule has 1 aromatic heterocycles. The molecule has 0 bridgehead atoms. The first-order valence-electron chi connectivity index (χ1n) is 7.00. The molecule has 24 heavy (non-hydrogen) atoms. The number of hydrogen-bond donors (Lipinski definition) is 1. The van der Waals surface area contributed by atoms with Gasteiger partial charge in [0.15, 0.2) is 11.5 Å². The van der Waals surface area contributed by atoms with Crippen molar-refractivity contribution in [1.29, 1.82) is 0 Å². The van der Waals surface area contributed by atoms with Gasteiger partial charge in [0.25, 0.3) is 5.91 Å². The van der Waals surface area contributed by atoms with Crippen LogP contribution >= 0.6 is 27.5 Å². The Morgan fingerprint density at radius 1 is 1.12 bits per heavy atom. The number of anilines is 1. The average molecular weight is 404 g/mol. The van der Waals surface area contributed by atoms with E-state index in [1.165, 1.54) is 0 Å². The third kappa shape index (κ3) is 2.85. The Bertz CT molecular complexity index is 911. The first-order valence-corrected chi connectivity index (χ1v) is 8.56. The van der Waals surface area contributed by atoms with Crippen LogP contribution in [0.5, 0.6) is 11.5 Å². The van der Waals surface area contributed by atoms with Crippen LogP contribution in [0.25, 0.3) is 11.3 Å². The van der Waals surface area contributed by atoms with E-state index in [0.29, 0.717) is 27.8 Å². The summed E-state index contributed by atoms with van der Waals surface area (Å²) < 4.78 is 15.5. The van der Waals surface area contributed by atoms with Crippen LogP contribution < -0.4 is 14.8 Å². The van der Waals surface area contributed by atoms with E-state index < -0.39 is 0 Å². The number of halogens is 1. The SMILES string of the molecule is O=C(Nc1ccc2c(c1)OCO2)c1snnc1-c1ccc(Br)cc1. The lowest BCUT2D eigenvalue weighted by molar-refractivity contribution is 0.103. The number of hydrogen-bond acceptors (Lipinski definition) is 6. The van der Waals surface area contributed by atoms with Crippen LogP contribution in [0.3, 0.4) is 0 Å². The Morgan fingerprint density at radius 2 is 1.92 bits per heavy atom. The van der Waals surface area contributed by atoms with Crippen molar-refractivity contribution < 1.29 is 14.3 Å². The van der Waals surface area contributed by atoms with Gasteiger partial charge >= 0.3 is 0 Å². The van der Waals surface area contributed by atoms with E-state index >= 15 is 0 Å². The number of rotatable bonds is 3. The summed E-state index contributed by atoms with van der Waals surface area (Å²) in [4.78, 5) is 13.0. The highest BCUT2D eigenvalue weighted by atomic mass is 79.9. The van der Waals surface area contributed by atoms with Crippen molar-refractivity contribution in [2.24, 2.45) is 0 Å². The third-order valence-electron chi connectivity index (χ3n) is 3.44. The fourth-order valence-electron chi connectivity index (χ4n) is 2.30. The summed E-state index contributed by atoms with van der Waals surface area (Å²) in [5.41, 5.74) is 2.02. The highest BCUT2D eigenvalue weighted by Crippen LogP contribution is 2.34. The number of carbonyl (C=O) groups excluding carboxylic acids is 1. The van der Waals surface area contributed by atoms with Gasteiger partial charge in [0.1, 0.15) is 10.6 Å². The van der Waals surface area contributed by atoms with Gasteiger partial charge in [-0.25, -0.2) is 0 Å². The van der Waals surface area contributed by atoms with Crippen LogP contribution in [-0.2, 0) is 0 Å². The Labute approximate surface area is 149 Å². The van der Waals surface area contributed by atoms with E-state index in [2.05, 4.69) is 30.8 Å². The van der Waals surface area contributed by atoms with Crippen molar-refractivity contribution in [3.8, 4) is 22.8 Å². The molecule has 0 saturated heterocycles. The fraction of sp³-hybridized carbons (Fsp3) is 0.0625. The lowest BCUT2D eigenvalue weighted by Gasteiger charge is -2.06. The molecule has 2 heterocycles. The van der Waals surface area contributed by atoms with E-state index in [9.17, 15) is 4.79 Å². The van der Waals surface area contributed by atoms with Crippen LogP contribution in [0, 0.1) is 0 Å². The van der Waals surface area contributed by atoms with Crippen LogP contribution in [-0.4, -0.2) is 22.3 Å². The molecule has 0 spiro atoms. The number of nitrogens with zero attached hydrogens (tertiary/aromatic N) is 2. The molecule has 0 fully saturated rings. The van der Waals surface area contributed by atoms with E-state index in [4.69, 9.17) is 9.47 Å². The molecular formula is C16H10BrN3O3S. The first-order chi connectivity index (χ1) is 11.7. The molecule has 0 aliphatic carbocycles. The van der Waals surface area contributed by atoms with Crippen molar-refractivity contribution in [2.45, 2.75) is 0 Å². The molecular weight excluding hydrogens is 394 g/mol. The van der Waals surface area contributed by atoms with Crippen LogP contribution in [0.2, 0.25) is 0 Å². The number of benzene rings is 2. The van der Waals surface area contributed by atoms with Crippen molar-refractivity contribution in [2.75, 3.05) is 12.1 Å². The van der Waals surface area contributed by atoms with Crippen LogP contribution in [0.15, 0.2) is 46.9 Å². The van der Waals surface area contributed by atoms with Crippen molar-refractivity contribution >= 4 is 39.1 Å². The minimum absolute atomic E-state index is 0.194. The van der Waals surface area contributed by atoms with Crippen LogP contribution in [0.4, 0.5) is 5.69 Å². The molecule has 1 aliphatic heterocycles. The highest BCUT2D eigenvalue weighted by molar-refractivity contribution is 9.10. The quantitative estimate of drug-likeness (QED) is 0.716. The summed E-state index contributed by atoms with van der Waals surface area (Å²) in [5.74, 6) is 1.02. The summed E-state index contributed by atoms with van der Waals surface area (Å²) in [6.07, 6.45) is 0. The lowest BCUT2D eigenvalue weighted by Crippen LogP contribution is -2.11. The highest BCUT2D eigenvalue weighted by Gasteiger charge is 2.19. The Balaban J connectivity index is 1.59. The molecule has 2 aromatic carbocycles. The van der Waals surface area contributed by atoms with Crippen molar-refractivity contribution in [1.82, 2.24) is 9.59 Å². The Morgan fingerprint density at radius 3 is 2.75 bits per heavy atom. The maximum absolute atomic E-state index is 12.6. The van der Waals surface area contributed by atoms with Crippen molar-refractivity contribution in [3.05, 3.63) is 51.8 Å². The molecule has 0 unspecified atom stereocenters. The summed E-state index contributed by atoms with van der Waals surface area (Å²) in [5, 5.41) is 6.93. The molecule has 3 aromatic rings. The minimum Gasteiger partial charge on any atom is -0.454 e. The molecule has 0 atom stereocenters. The van der Waals surface area contributed by atoms with E-state index in [0.717, 1.165) is 21.6 Å². The van der Waals surface area contributed by atoms with Crippen molar-refractivity contribution in [3.63, 3.8) is 0 Å². The summed E-state index contributed by atoms with van der Waals surface area (Å²) >= 11 is 4.45. The number of amides is 1. The van der Waals surface area contributed by atoms with E-state index in [1.807, 2.05) is 24.3 Å². The van der Waals surface area contributed by atoms with Gasteiger partial charge < -0.3 is 14.8 Å². The van der Waals surface area contributed by atoms with Crippen LogP contribution in [0.1, 0.15) is 9.67 Å². The molecule has 8 heteroatoms. The lowest BCUT2D eigenvalue weighted by atomic mass is 10.1. The van der Waals surface area contributed by atoms with Gasteiger partial charge in [-0.1, -0.05) is 32.6 Å². The smallest absolute Gasteiger partial charge is 0.269 e. The molecule has 1 aliphatic rings. The zero-order valence-corrected chi connectivity index (χ0v) is 14.6. The van der Waals surface area contributed by atoms with Gasteiger partial charge in [-0.05, 0) is 35.8 Å². The normalized spacial score (nSPS) is 12.2. The van der Waals surface area contributed by atoms with Gasteiger partial charge in [-0.15, -0.1) is 5.10 Å². The summed E-state index contributed by atoms with van der Waals surface area (Å²) in [7, 11) is 0. The average Bonchev–Trinajstić information content (AvgIpc) is 3.24. The molecule has 1 amide bonds. The second-order valence-corrected chi connectivity index (χ2v) is 6.65. The number of carbonyl (C=O) groups is 1. The van der Waals surface area contributed by atoms with Gasteiger partial charge in [0.05, 0.1) is 0 Å². The molecule has 0 saturated carbocycles.